The molecule has 1 N–H and O–H groups in total. The topological polar surface area (TPSA) is 40.5 Å². The molecule has 0 saturated heterocycles. The molecule has 2 atom stereocenters. The SMILES string of the molecule is C[C@@H]([C@@H](O)CCC(=O)c1ccc(C(F)(F)F)c(F)c1)N(Cc1ccccc1)Cc1ccccc1. The normalized spacial score (nSPS) is 13.6. The summed E-state index contributed by atoms with van der Waals surface area (Å²) < 4.78 is 52.1. The molecule has 0 aliphatic rings. The molecule has 0 spiro atoms. The zero-order valence-electron chi connectivity index (χ0n) is 18.8. The van der Waals surface area contributed by atoms with Crippen LogP contribution in [0.3, 0.4) is 0 Å². The summed E-state index contributed by atoms with van der Waals surface area (Å²) in [6, 6.07) is 21.5. The van der Waals surface area contributed by atoms with Crippen molar-refractivity contribution >= 4 is 5.78 Å². The quantitative estimate of drug-likeness (QED) is 0.279. The van der Waals surface area contributed by atoms with Gasteiger partial charge in [-0.3, -0.25) is 9.69 Å². The number of hydrogen-bond donors (Lipinski definition) is 1. The molecule has 0 unspecified atom stereocenters. The van der Waals surface area contributed by atoms with Gasteiger partial charge in [0.25, 0.3) is 0 Å². The summed E-state index contributed by atoms with van der Waals surface area (Å²) in [5.41, 5.74) is 0.605. The number of carbonyl (C=O) groups is 1. The third kappa shape index (κ3) is 6.98. The highest BCUT2D eigenvalue weighted by atomic mass is 19.4. The van der Waals surface area contributed by atoms with Crippen molar-refractivity contribution in [2.45, 2.75) is 51.2 Å². The molecule has 180 valence electrons. The molecule has 0 saturated carbocycles. The van der Waals surface area contributed by atoms with E-state index in [1.807, 2.05) is 67.6 Å². The highest BCUT2D eigenvalue weighted by molar-refractivity contribution is 5.96. The van der Waals surface area contributed by atoms with E-state index in [1.165, 1.54) is 0 Å². The highest BCUT2D eigenvalue weighted by Crippen LogP contribution is 2.31. The van der Waals surface area contributed by atoms with Crippen LogP contribution in [-0.2, 0) is 19.3 Å². The first kappa shape index (κ1) is 25.6. The Morgan fingerprint density at radius 1 is 0.912 bits per heavy atom. The molecule has 0 bridgehead atoms. The molecule has 3 aromatic rings. The van der Waals surface area contributed by atoms with Crippen molar-refractivity contribution in [2.24, 2.45) is 0 Å². The van der Waals surface area contributed by atoms with Crippen molar-refractivity contribution in [3.05, 3.63) is 107 Å². The molecule has 0 fully saturated rings. The van der Waals surface area contributed by atoms with Crippen LogP contribution in [-0.4, -0.2) is 27.9 Å². The van der Waals surface area contributed by atoms with Gasteiger partial charge >= 0.3 is 6.18 Å². The van der Waals surface area contributed by atoms with Crippen LogP contribution in [0.1, 0.15) is 46.8 Å². The van der Waals surface area contributed by atoms with Crippen LogP contribution in [0.25, 0.3) is 0 Å². The number of ketones is 1. The standard InChI is InChI=1S/C27H27F4NO2/c1-19(32(17-20-8-4-2-5-9-20)18-21-10-6-3-7-11-21)25(33)14-15-26(34)22-12-13-23(24(28)16-22)27(29,30)31/h2-13,16,19,25,33H,14-15,17-18H2,1H3/t19-,25-/m0/s1. The molecule has 3 nitrogen and oxygen atoms in total. The van der Waals surface area contributed by atoms with Gasteiger partial charge < -0.3 is 5.11 Å². The maximum Gasteiger partial charge on any atom is 0.419 e. The number of aliphatic hydroxyl groups is 1. The average Bonchev–Trinajstić information content (AvgIpc) is 2.82. The second-order valence-electron chi connectivity index (χ2n) is 8.34. The van der Waals surface area contributed by atoms with Crippen molar-refractivity contribution in [3.8, 4) is 0 Å². The number of hydrogen-bond acceptors (Lipinski definition) is 3. The fourth-order valence-corrected chi connectivity index (χ4v) is 3.81. The maximum atomic E-state index is 13.8. The molecular formula is C27H27F4NO2. The second kappa shape index (κ2) is 11.4. The predicted molar refractivity (Wildman–Crippen MR) is 123 cm³/mol. The zero-order valence-corrected chi connectivity index (χ0v) is 18.8. The summed E-state index contributed by atoms with van der Waals surface area (Å²) in [6.07, 6.45) is -5.70. The predicted octanol–water partition coefficient (Wildman–Crippen LogP) is 6.26. The van der Waals surface area contributed by atoms with E-state index in [9.17, 15) is 27.5 Å². The second-order valence-corrected chi connectivity index (χ2v) is 8.34. The van der Waals surface area contributed by atoms with Crippen LogP contribution in [0.5, 0.6) is 0 Å². The Kier molecular flexibility index (Phi) is 8.58. The molecule has 3 rings (SSSR count). The first-order valence-electron chi connectivity index (χ1n) is 11.0. The molecule has 0 amide bonds. The fraction of sp³-hybridized carbons (Fsp3) is 0.296. The molecule has 34 heavy (non-hydrogen) atoms. The lowest BCUT2D eigenvalue weighted by molar-refractivity contribution is -0.140. The van der Waals surface area contributed by atoms with Crippen LogP contribution in [0.4, 0.5) is 17.6 Å². The third-order valence-corrected chi connectivity index (χ3v) is 5.85. The minimum absolute atomic E-state index is 0.0999. The number of halogens is 4. The van der Waals surface area contributed by atoms with Gasteiger partial charge in [0.15, 0.2) is 5.78 Å². The number of rotatable bonds is 10. The smallest absolute Gasteiger partial charge is 0.391 e. The Bertz CT molecular complexity index is 1030. The molecule has 0 aliphatic carbocycles. The van der Waals surface area contributed by atoms with Crippen molar-refractivity contribution in [1.82, 2.24) is 4.90 Å². The Hall–Kier alpha value is -3.03. The summed E-state index contributed by atoms with van der Waals surface area (Å²) in [4.78, 5) is 14.6. The number of carbonyl (C=O) groups excluding carboxylic acids is 1. The van der Waals surface area contributed by atoms with Crippen LogP contribution >= 0.6 is 0 Å². The van der Waals surface area contributed by atoms with Gasteiger partial charge in [0.2, 0.25) is 0 Å². The summed E-state index contributed by atoms with van der Waals surface area (Å²) in [7, 11) is 0. The van der Waals surface area contributed by atoms with Crippen molar-refractivity contribution in [1.29, 1.82) is 0 Å². The minimum atomic E-state index is -4.82. The van der Waals surface area contributed by atoms with Crippen molar-refractivity contribution < 1.29 is 27.5 Å². The van der Waals surface area contributed by atoms with Crippen LogP contribution in [0.15, 0.2) is 78.9 Å². The molecule has 3 aromatic carbocycles. The van der Waals surface area contributed by atoms with Crippen LogP contribution in [0.2, 0.25) is 0 Å². The molecule has 0 aromatic heterocycles. The first-order chi connectivity index (χ1) is 16.1. The summed E-state index contributed by atoms with van der Waals surface area (Å²) in [5, 5.41) is 10.8. The molecular weight excluding hydrogens is 446 g/mol. The lowest BCUT2D eigenvalue weighted by atomic mass is 9.99. The number of nitrogens with zero attached hydrogens (tertiary/aromatic N) is 1. The van der Waals surface area contributed by atoms with E-state index >= 15 is 0 Å². The van der Waals surface area contributed by atoms with Gasteiger partial charge in [-0.05, 0) is 36.6 Å². The Labute approximate surface area is 196 Å². The summed E-state index contributed by atoms with van der Waals surface area (Å²) >= 11 is 0. The third-order valence-electron chi connectivity index (χ3n) is 5.85. The molecule has 0 heterocycles. The van der Waals surface area contributed by atoms with Gasteiger partial charge in [-0.15, -0.1) is 0 Å². The first-order valence-corrected chi connectivity index (χ1v) is 11.0. The Morgan fingerprint density at radius 2 is 1.44 bits per heavy atom. The van der Waals surface area contributed by atoms with Crippen LogP contribution < -0.4 is 0 Å². The van der Waals surface area contributed by atoms with Crippen LogP contribution in [0, 0.1) is 5.82 Å². The Morgan fingerprint density at radius 3 is 1.91 bits per heavy atom. The highest BCUT2D eigenvalue weighted by Gasteiger charge is 2.34. The average molecular weight is 474 g/mol. The van der Waals surface area contributed by atoms with Crippen molar-refractivity contribution in [3.63, 3.8) is 0 Å². The van der Waals surface area contributed by atoms with Gasteiger partial charge in [-0.2, -0.15) is 13.2 Å². The summed E-state index contributed by atoms with van der Waals surface area (Å²) in [5.74, 6) is -2.00. The van der Waals surface area contributed by atoms with Crippen molar-refractivity contribution in [2.75, 3.05) is 0 Å². The van der Waals surface area contributed by atoms with E-state index in [4.69, 9.17) is 0 Å². The van der Waals surface area contributed by atoms with E-state index in [0.29, 0.717) is 25.2 Å². The van der Waals surface area contributed by atoms with Gasteiger partial charge in [0.1, 0.15) is 5.82 Å². The van der Waals surface area contributed by atoms with E-state index in [1.54, 1.807) is 0 Å². The molecule has 0 radical (unpaired) electrons. The molecule has 0 aliphatic heterocycles. The van der Waals surface area contributed by atoms with Gasteiger partial charge in [-0.25, -0.2) is 4.39 Å². The van der Waals surface area contributed by atoms with Gasteiger partial charge in [0.05, 0.1) is 11.7 Å². The summed E-state index contributed by atoms with van der Waals surface area (Å²) in [6.45, 7) is 3.05. The van der Waals surface area contributed by atoms with E-state index in [2.05, 4.69) is 4.90 Å². The fourth-order valence-electron chi connectivity index (χ4n) is 3.81. The number of alkyl halides is 3. The van der Waals surface area contributed by atoms with Gasteiger partial charge in [0, 0.05) is 31.1 Å². The maximum absolute atomic E-state index is 13.8. The van der Waals surface area contributed by atoms with E-state index < -0.39 is 29.4 Å². The zero-order chi connectivity index (χ0) is 24.7. The van der Waals surface area contributed by atoms with E-state index in [0.717, 1.165) is 17.2 Å². The lowest BCUT2D eigenvalue weighted by Gasteiger charge is -2.32. The lowest BCUT2D eigenvalue weighted by Crippen LogP contribution is -2.41. The number of Topliss-reactive ketones (excluding diaryl/α,β-unsaturated/α-hetero) is 1. The van der Waals surface area contributed by atoms with E-state index in [-0.39, 0.29) is 24.4 Å². The minimum Gasteiger partial charge on any atom is -0.391 e. The number of benzene rings is 3. The number of aliphatic hydroxyl groups excluding tert-OH is 1. The Balaban J connectivity index is 1.66. The van der Waals surface area contributed by atoms with Gasteiger partial charge in [-0.1, -0.05) is 66.7 Å². The monoisotopic (exact) mass is 473 g/mol. The molecule has 7 heteroatoms. The largest absolute Gasteiger partial charge is 0.419 e.